The van der Waals surface area contributed by atoms with E-state index in [1.54, 1.807) is 18.0 Å². The lowest BCUT2D eigenvalue weighted by atomic mass is 10.2. The summed E-state index contributed by atoms with van der Waals surface area (Å²) in [5, 5.41) is 0. The molecule has 0 aliphatic heterocycles. The fraction of sp³-hybridized carbons (Fsp3) is 0.200. The van der Waals surface area contributed by atoms with Crippen molar-refractivity contribution >= 4 is 11.6 Å². The molecule has 0 atom stereocenters. The van der Waals surface area contributed by atoms with E-state index in [-0.39, 0.29) is 5.91 Å². The molecule has 0 saturated carbocycles. The molecule has 0 radical (unpaired) electrons. The molecule has 1 amide bonds. The van der Waals surface area contributed by atoms with Crippen molar-refractivity contribution in [2.24, 2.45) is 0 Å². The lowest BCUT2D eigenvalue weighted by molar-refractivity contribution is 0.0988. The standard InChI is InChI=1S/C15H16N2O/c1-11-7-9-13(10-8-11)17(3)15(18)14-6-4-5-12(2)16-14/h4-10H,1-3H3. The first-order chi connectivity index (χ1) is 8.58. The number of aryl methyl sites for hydroxylation is 2. The molecule has 3 nitrogen and oxygen atoms in total. The van der Waals surface area contributed by atoms with Gasteiger partial charge in [-0.1, -0.05) is 23.8 Å². The number of nitrogens with zero attached hydrogens (tertiary/aromatic N) is 2. The van der Waals surface area contributed by atoms with E-state index in [2.05, 4.69) is 4.98 Å². The lowest BCUT2D eigenvalue weighted by Gasteiger charge is -2.17. The van der Waals surface area contributed by atoms with Crippen LogP contribution in [0, 0.1) is 13.8 Å². The van der Waals surface area contributed by atoms with Crippen LogP contribution >= 0.6 is 0 Å². The number of benzene rings is 1. The van der Waals surface area contributed by atoms with Crippen molar-refractivity contribution in [1.82, 2.24) is 4.98 Å². The zero-order valence-electron chi connectivity index (χ0n) is 10.8. The van der Waals surface area contributed by atoms with E-state index >= 15 is 0 Å². The van der Waals surface area contributed by atoms with Crippen molar-refractivity contribution in [3.63, 3.8) is 0 Å². The molecule has 0 bridgehead atoms. The van der Waals surface area contributed by atoms with Gasteiger partial charge in [0.05, 0.1) is 0 Å². The Bertz CT molecular complexity index is 561. The Morgan fingerprint density at radius 1 is 1.06 bits per heavy atom. The second-order valence-corrected chi connectivity index (χ2v) is 4.36. The van der Waals surface area contributed by atoms with Gasteiger partial charge in [0.25, 0.3) is 5.91 Å². The van der Waals surface area contributed by atoms with Gasteiger partial charge in [-0.3, -0.25) is 4.79 Å². The van der Waals surface area contributed by atoms with E-state index in [4.69, 9.17) is 0 Å². The molecule has 1 heterocycles. The smallest absolute Gasteiger partial charge is 0.276 e. The minimum Gasteiger partial charge on any atom is -0.310 e. The van der Waals surface area contributed by atoms with Crippen LogP contribution in [0.2, 0.25) is 0 Å². The fourth-order valence-electron chi connectivity index (χ4n) is 1.72. The molecular formula is C15H16N2O. The summed E-state index contributed by atoms with van der Waals surface area (Å²) in [6.07, 6.45) is 0. The van der Waals surface area contributed by atoms with Gasteiger partial charge in [0.1, 0.15) is 5.69 Å². The highest BCUT2D eigenvalue weighted by molar-refractivity contribution is 6.04. The monoisotopic (exact) mass is 240 g/mol. The molecule has 0 fully saturated rings. The molecule has 0 unspecified atom stereocenters. The maximum Gasteiger partial charge on any atom is 0.276 e. The Hall–Kier alpha value is -2.16. The summed E-state index contributed by atoms with van der Waals surface area (Å²) in [4.78, 5) is 18.1. The molecule has 0 aliphatic rings. The maximum absolute atomic E-state index is 12.2. The first-order valence-electron chi connectivity index (χ1n) is 5.86. The Kier molecular flexibility index (Phi) is 3.42. The fourth-order valence-corrected chi connectivity index (χ4v) is 1.72. The second-order valence-electron chi connectivity index (χ2n) is 4.36. The van der Waals surface area contributed by atoms with E-state index in [1.165, 1.54) is 5.56 Å². The third-order valence-electron chi connectivity index (χ3n) is 2.83. The van der Waals surface area contributed by atoms with E-state index in [1.807, 2.05) is 50.2 Å². The number of rotatable bonds is 2. The predicted molar refractivity (Wildman–Crippen MR) is 72.9 cm³/mol. The van der Waals surface area contributed by atoms with Crippen LogP contribution in [-0.2, 0) is 0 Å². The Balaban J connectivity index is 2.26. The van der Waals surface area contributed by atoms with Crippen LogP contribution < -0.4 is 4.90 Å². The highest BCUT2D eigenvalue weighted by Crippen LogP contribution is 2.15. The Morgan fingerprint density at radius 3 is 2.33 bits per heavy atom. The van der Waals surface area contributed by atoms with E-state index in [0.29, 0.717) is 5.69 Å². The summed E-state index contributed by atoms with van der Waals surface area (Å²) in [7, 11) is 1.76. The largest absolute Gasteiger partial charge is 0.310 e. The molecule has 3 heteroatoms. The summed E-state index contributed by atoms with van der Waals surface area (Å²) >= 11 is 0. The number of carbonyl (C=O) groups is 1. The molecule has 0 spiro atoms. The van der Waals surface area contributed by atoms with Crippen LogP contribution in [0.5, 0.6) is 0 Å². The first kappa shape index (κ1) is 12.3. The minimum absolute atomic E-state index is 0.0949. The molecule has 1 aromatic carbocycles. The van der Waals surface area contributed by atoms with Crippen LogP contribution in [0.25, 0.3) is 0 Å². The highest BCUT2D eigenvalue weighted by atomic mass is 16.2. The number of pyridine rings is 1. The van der Waals surface area contributed by atoms with Gasteiger partial charge in [0.15, 0.2) is 0 Å². The molecular weight excluding hydrogens is 224 g/mol. The molecule has 0 saturated heterocycles. The van der Waals surface area contributed by atoms with Crippen molar-refractivity contribution in [3.8, 4) is 0 Å². The highest BCUT2D eigenvalue weighted by Gasteiger charge is 2.14. The number of hydrogen-bond donors (Lipinski definition) is 0. The van der Waals surface area contributed by atoms with Crippen LogP contribution in [-0.4, -0.2) is 17.9 Å². The molecule has 2 rings (SSSR count). The van der Waals surface area contributed by atoms with E-state index < -0.39 is 0 Å². The van der Waals surface area contributed by atoms with Gasteiger partial charge >= 0.3 is 0 Å². The minimum atomic E-state index is -0.0949. The normalized spacial score (nSPS) is 10.2. The summed E-state index contributed by atoms with van der Waals surface area (Å²) in [5.41, 5.74) is 3.36. The lowest BCUT2D eigenvalue weighted by Crippen LogP contribution is -2.27. The van der Waals surface area contributed by atoms with Crippen LogP contribution in [0.3, 0.4) is 0 Å². The van der Waals surface area contributed by atoms with Gasteiger partial charge in [-0.05, 0) is 38.1 Å². The molecule has 0 N–H and O–H groups in total. The van der Waals surface area contributed by atoms with E-state index in [9.17, 15) is 4.79 Å². The maximum atomic E-state index is 12.2. The third-order valence-corrected chi connectivity index (χ3v) is 2.83. The van der Waals surface area contributed by atoms with Crippen LogP contribution in [0.15, 0.2) is 42.5 Å². The van der Waals surface area contributed by atoms with Crippen molar-refractivity contribution < 1.29 is 4.79 Å². The van der Waals surface area contributed by atoms with Crippen molar-refractivity contribution in [2.45, 2.75) is 13.8 Å². The third kappa shape index (κ3) is 2.56. The van der Waals surface area contributed by atoms with Crippen LogP contribution in [0.1, 0.15) is 21.7 Å². The summed E-state index contributed by atoms with van der Waals surface area (Å²) in [6.45, 7) is 3.90. The average Bonchev–Trinajstić information content (AvgIpc) is 2.38. The number of anilines is 1. The van der Waals surface area contributed by atoms with Gasteiger partial charge in [-0.2, -0.15) is 0 Å². The Labute approximate surface area is 107 Å². The van der Waals surface area contributed by atoms with Crippen LogP contribution in [0.4, 0.5) is 5.69 Å². The second kappa shape index (κ2) is 5.00. The molecule has 2 aromatic rings. The van der Waals surface area contributed by atoms with Gasteiger partial charge < -0.3 is 4.90 Å². The van der Waals surface area contributed by atoms with Crippen molar-refractivity contribution in [1.29, 1.82) is 0 Å². The predicted octanol–water partition coefficient (Wildman–Crippen LogP) is 2.98. The number of amides is 1. The topological polar surface area (TPSA) is 33.2 Å². The molecule has 0 aliphatic carbocycles. The van der Waals surface area contributed by atoms with Crippen molar-refractivity contribution in [3.05, 3.63) is 59.4 Å². The first-order valence-corrected chi connectivity index (χ1v) is 5.86. The summed E-state index contributed by atoms with van der Waals surface area (Å²) < 4.78 is 0. The number of carbonyl (C=O) groups excluding carboxylic acids is 1. The zero-order valence-corrected chi connectivity index (χ0v) is 10.8. The summed E-state index contributed by atoms with van der Waals surface area (Å²) in [5.74, 6) is -0.0949. The van der Waals surface area contributed by atoms with Gasteiger partial charge in [0, 0.05) is 18.4 Å². The average molecular weight is 240 g/mol. The molecule has 18 heavy (non-hydrogen) atoms. The Morgan fingerprint density at radius 2 is 1.72 bits per heavy atom. The quantitative estimate of drug-likeness (QED) is 0.808. The number of aromatic nitrogens is 1. The van der Waals surface area contributed by atoms with Gasteiger partial charge in [0.2, 0.25) is 0 Å². The SMILES string of the molecule is Cc1ccc(N(C)C(=O)c2cccc(C)n2)cc1. The van der Waals surface area contributed by atoms with Crippen molar-refractivity contribution in [2.75, 3.05) is 11.9 Å². The van der Waals surface area contributed by atoms with Gasteiger partial charge in [-0.25, -0.2) is 4.98 Å². The van der Waals surface area contributed by atoms with E-state index in [0.717, 1.165) is 11.4 Å². The molecule has 1 aromatic heterocycles. The molecule has 92 valence electrons. The zero-order chi connectivity index (χ0) is 13.1. The summed E-state index contributed by atoms with van der Waals surface area (Å²) in [6, 6.07) is 13.3. The number of hydrogen-bond acceptors (Lipinski definition) is 2. The van der Waals surface area contributed by atoms with Gasteiger partial charge in [-0.15, -0.1) is 0 Å².